The highest BCUT2D eigenvalue weighted by molar-refractivity contribution is 6.04. The van der Waals surface area contributed by atoms with Crippen molar-refractivity contribution in [3.05, 3.63) is 66.0 Å². The molecular formula is C23H25FN8O2. The van der Waals surface area contributed by atoms with Gasteiger partial charge >= 0.3 is 0 Å². The molecule has 2 amide bonds. The Morgan fingerprint density at radius 3 is 2.56 bits per heavy atom. The van der Waals surface area contributed by atoms with Crippen molar-refractivity contribution in [3.63, 3.8) is 0 Å². The highest BCUT2D eigenvalue weighted by Crippen LogP contribution is 2.27. The second-order valence-corrected chi connectivity index (χ2v) is 8.06. The number of hydrogen-bond donors (Lipinski definition) is 5. The van der Waals surface area contributed by atoms with Crippen molar-refractivity contribution in [2.24, 2.45) is 11.5 Å². The molecule has 0 aromatic carbocycles. The van der Waals surface area contributed by atoms with E-state index in [0.717, 1.165) is 31.7 Å². The van der Waals surface area contributed by atoms with Crippen molar-refractivity contribution >= 4 is 34.8 Å². The molecule has 1 aliphatic carbocycles. The zero-order chi connectivity index (χ0) is 24.1. The third-order valence-corrected chi connectivity index (χ3v) is 5.57. The zero-order valence-corrected chi connectivity index (χ0v) is 18.3. The molecule has 1 saturated carbocycles. The molecular weight excluding hydrogens is 439 g/mol. The summed E-state index contributed by atoms with van der Waals surface area (Å²) in [5, 5.41) is 8.73. The lowest BCUT2D eigenvalue weighted by molar-refractivity contribution is 0.0997. The first-order valence-electron chi connectivity index (χ1n) is 10.9. The molecule has 176 valence electrons. The monoisotopic (exact) mass is 464 g/mol. The molecule has 11 heteroatoms. The van der Waals surface area contributed by atoms with Crippen LogP contribution in [0.25, 0.3) is 0 Å². The predicted molar refractivity (Wildman–Crippen MR) is 126 cm³/mol. The van der Waals surface area contributed by atoms with E-state index in [1.165, 1.54) is 18.6 Å². The van der Waals surface area contributed by atoms with Gasteiger partial charge in [-0.05, 0) is 37.1 Å². The zero-order valence-electron chi connectivity index (χ0n) is 18.3. The van der Waals surface area contributed by atoms with Crippen LogP contribution in [0.4, 0.5) is 27.4 Å². The molecule has 0 saturated heterocycles. The average Bonchev–Trinajstić information content (AvgIpc) is 2.83. The molecule has 4 rings (SSSR count). The van der Waals surface area contributed by atoms with E-state index in [1.807, 2.05) is 0 Å². The molecule has 10 nitrogen and oxygen atoms in total. The van der Waals surface area contributed by atoms with Gasteiger partial charge in [-0.2, -0.15) is 0 Å². The molecule has 3 heterocycles. The van der Waals surface area contributed by atoms with Crippen molar-refractivity contribution in [2.75, 3.05) is 16.0 Å². The number of carbonyl (C=O) groups excluding carboxylic acids is 2. The molecule has 34 heavy (non-hydrogen) atoms. The van der Waals surface area contributed by atoms with Crippen LogP contribution >= 0.6 is 0 Å². The normalized spacial score (nSPS) is 17.6. The number of aromatic nitrogens is 3. The quantitative estimate of drug-likeness (QED) is 0.357. The summed E-state index contributed by atoms with van der Waals surface area (Å²) in [6.45, 7) is 0. The number of primary amides is 1. The van der Waals surface area contributed by atoms with Crippen LogP contribution in [0.5, 0.6) is 0 Å². The maximum atomic E-state index is 14.7. The Labute approximate surface area is 195 Å². The molecule has 0 bridgehead atoms. The van der Waals surface area contributed by atoms with Crippen LogP contribution in [0.2, 0.25) is 0 Å². The Balaban J connectivity index is 1.57. The van der Waals surface area contributed by atoms with Gasteiger partial charge < -0.3 is 27.4 Å². The minimum absolute atomic E-state index is 0.0242. The second-order valence-electron chi connectivity index (χ2n) is 8.06. The summed E-state index contributed by atoms with van der Waals surface area (Å²) in [7, 11) is 0. The molecule has 0 aliphatic heterocycles. The lowest BCUT2D eigenvalue weighted by atomic mass is 9.91. The highest BCUT2D eigenvalue weighted by atomic mass is 19.1. The summed E-state index contributed by atoms with van der Waals surface area (Å²) >= 11 is 0. The van der Waals surface area contributed by atoms with Gasteiger partial charge in [-0.15, -0.1) is 0 Å². The van der Waals surface area contributed by atoms with E-state index in [0.29, 0.717) is 16.9 Å². The fraction of sp³-hybridized carbons (Fsp3) is 0.261. The Kier molecular flexibility index (Phi) is 6.93. The molecule has 1 aliphatic rings. The van der Waals surface area contributed by atoms with Crippen LogP contribution in [-0.4, -0.2) is 38.8 Å². The molecule has 1 fully saturated rings. The molecule has 2 unspecified atom stereocenters. The van der Waals surface area contributed by atoms with E-state index in [4.69, 9.17) is 11.5 Å². The van der Waals surface area contributed by atoms with E-state index >= 15 is 0 Å². The Hall–Kier alpha value is -4.12. The van der Waals surface area contributed by atoms with Crippen LogP contribution < -0.4 is 27.4 Å². The fourth-order valence-electron chi connectivity index (χ4n) is 3.80. The summed E-state index contributed by atoms with van der Waals surface area (Å²) < 4.78 is 14.7. The topological polar surface area (TPSA) is 161 Å². The van der Waals surface area contributed by atoms with E-state index in [9.17, 15) is 14.0 Å². The Morgan fingerprint density at radius 1 is 1.03 bits per heavy atom. The Bertz CT molecular complexity index is 1190. The molecule has 3 aromatic heterocycles. The van der Waals surface area contributed by atoms with Crippen molar-refractivity contribution in [1.82, 2.24) is 15.0 Å². The summed E-state index contributed by atoms with van der Waals surface area (Å²) in [5.74, 6) is -1.88. The minimum Gasteiger partial charge on any atom is -0.365 e. The van der Waals surface area contributed by atoms with Gasteiger partial charge in [0.1, 0.15) is 5.82 Å². The van der Waals surface area contributed by atoms with Crippen LogP contribution in [0.15, 0.2) is 49.1 Å². The molecule has 0 spiro atoms. The molecule has 2 atom stereocenters. The van der Waals surface area contributed by atoms with E-state index < -0.39 is 11.7 Å². The maximum Gasteiger partial charge on any atom is 0.257 e. The summed E-state index contributed by atoms with van der Waals surface area (Å²) in [5.41, 5.74) is 12.7. The number of halogens is 1. The van der Waals surface area contributed by atoms with Crippen molar-refractivity contribution in [2.45, 2.75) is 37.8 Å². The number of hydrogen-bond acceptors (Lipinski definition) is 8. The van der Waals surface area contributed by atoms with Gasteiger partial charge in [-0.3, -0.25) is 19.6 Å². The third-order valence-electron chi connectivity index (χ3n) is 5.57. The third kappa shape index (κ3) is 5.44. The summed E-state index contributed by atoms with van der Waals surface area (Å²) in [6, 6.07) is 5.67. The summed E-state index contributed by atoms with van der Waals surface area (Å²) in [4.78, 5) is 36.6. The number of carbonyl (C=O) groups is 2. The second kappa shape index (κ2) is 10.2. The van der Waals surface area contributed by atoms with Gasteiger partial charge in [0.15, 0.2) is 11.6 Å². The number of nitrogens with zero attached hydrogens (tertiary/aromatic N) is 3. The van der Waals surface area contributed by atoms with Crippen LogP contribution in [0.1, 0.15) is 46.4 Å². The van der Waals surface area contributed by atoms with Gasteiger partial charge in [0.05, 0.1) is 34.9 Å². The van der Waals surface area contributed by atoms with Crippen LogP contribution in [-0.2, 0) is 0 Å². The minimum atomic E-state index is -0.844. The van der Waals surface area contributed by atoms with Crippen molar-refractivity contribution in [1.29, 1.82) is 0 Å². The van der Waals surface area contributed by atoms with Gasteiger partial charge in [0, 0.05) is 24.5 Å². The predicted octanol–water partition coefficient (Wildman–Crippen LogP) is 2.79. The van der Waals surface area contributed by atoms with Crippen LogP contribution in [0, 0.1) is 5.82 Å². The summed E-state index contributed by atoms with van der Waals surface area (Å²) in [6.07, 6.45) is 9.60. The van der Waals surface area contributed by atoms with Gasteiger partial charge in [-0.1, -0.05) is 12.8 Å². The van der Waals surface area contributed by atoms with E-state index in [-0.39, 0.29) is 35.2 Å². The largest absolute Gasteiger partial charge is 0.365 e. The molecule has 7 N–H and O–H groups in total. The van der Waals surface area contributed by atoms with E-state index in [1.54, 1.807) is 24.4 Å². The Morgan fingerprint density at radius 2 is 1.82 bits per heavy atom. The van der Waals surface area contributed by atoms with Crippen molar-refractivity contribution < 1.29 is 14.0 Å². The van der Waals surface area contributed by atoms with Crippen LogP contribution in [0.3, 0.4) is 0 Å². The van der Waals surface area contributed by atoms with Gasteiger partial charge in [0.2, 0.25) is 0 Å². The SMILES string of the molecule is NC(=O)c1cc(F)c(NC2CCCCC2N)nc1Nc1cncc(NC(=O)c2cccnc2)c1. The van der Waals surface area contributed by atoms with Gasteiger partial charge in [-0.25, -0.2) is 9.37 Å². The standard InChI is InChI=1S/C23H25FN8O2/c24-17-9-16(20(26)33)21(32-22(17)31-19-6-2-1-5-18(19)25)29-14-8-15(12-28-11-14)30-23(34)13-4-3-7-27-10-13/h3-4,7-12,18-19H,1-2,5-6,25H2,(H2,26,33)(H,30,34)(H2,29,31,32). The number of rotatable bonds is 7. The number of anilines is 4. The number of nitrogens with two attached hydrogens (primary N) is 2. The molecule has 3 aromatic rings. The fourth-order valence-corrected chi connectivity index (χ4v) is 3.80. The van der Waals surface area contributed by atoms with Crippen molar-refractivity contribution in [3.8, 4) is 0 Å². The van der Waals surface area contributed by atoms with E-state index in [2.05, 4.69) is 30.9 Å². The maximum absolute atomic E-state index is 14.7. The van der Waals surface area contributed by atoms with Gasteiger partial charge in [0.25, 0.3) is 11.8 Å². The smallest absolute Gasteiger partial charge is 0.257 e. The number of amides is 2. The first-order chi connectivity index (χ1) is 16.4. The first-order valence-corrected chi connectivity index (χ1v) is 10.9. The lowest BCUT2D eigenvalue weighted by Gasteiger charge is -2.30. The molecule has 0 radical (unpaired) electrons. The first kappa shape index (κ1) is 23.1. The average molecular weight is 465 g/mol. The number of pyridine rings is 3. The lowest BCUT2D eigenvalue weighted by Crippen LogP contribution is -2.43. The highest BCUT2D eigenvalue weighted by Gasteiger charge is 2.24. The number of nitrogens with one attached hydrogen (secondary N) is 3.